The van der Waals surface area contributed by atoms with Crippen LogP contribution in [0.5, 0.6) is 0 Å². The van der Waals surface area contributed by atoms with Gasteiger partial charge >= 0.3 is 0 Å². The molecule has 0 radical (unpaired) electrons. The number of carbonyl (C=O) groups excluding carboxylic acids is 1. The summed E-state index contributed by atoms with van der Waals surface area (Å²) in [4.78, 5) is 35.8. The highest BCUT2D eigenvalue weighted by atomic mass is 32.1. The molecule has 0 aliphatic rings. The Bertz CT molecular complexity index is 1230. The fourth-order valence-electron chi connectivity index (χ4n) is 3.11. The molecule has 0 saturated heterocycles. The molecule has 6 nitrogen and oxygen atoms in total. The first kappa shape index (κ1) is 19.7. The number of carbonyl (C=O) groups is 1. The van der Waals surface area contributed by atoms with E-state index in [4.69, 9.17) is 0 Å². The summed E-state index contributed by atoms with van der Waals surface area (Å²) < 4.78 is 0. The van der Waals surface area contributed by atoms with Crippen molar-refractivity contribution in [2.24, 2.45) is 0 Å². The van der Waals surface area contributed by atoms with Crippen molar-refractivity contribution in [1.29, 1.82) is 0 Å². The summed E-state index contributed by atoms with van der Waals surface area (Å²) in [6.07, 6.45) is 0.964. The van der Waals surface area contributed by atoms with Gasteiger partial charge in [-0.25, -0.2) is 9.97 Å². The summed E-state index contributed by atoms with van der Waals surface area (Å²) in [5, 5.41) is 5.81. The van der Waals surface area contributed by atoms with Crippen molar-refractivity contribution in [2.75, 3.05) is 5.32 Å². The van der Waals surface area contributed by atoms with E-state index in [9.17, 15) is 9.59 Å². The van der Waals surface area contributed by atoms with Gasteiger partial charge in [-0.05, 0) is 24.6 Å². The summed E-state index contributed by atoms with van der Waals surface area (Å²) in [6.45, 7) is 1.77. The Morgan fingerprint density at radius 2 is 1.90 bits per heavy atom. The monoisotopic (exact) mass is 416 g/mol. The summed E-state index contributed by atoms with van der Waals surface area (Å²) in [5.41, 5.74) is 3.75. The zero-order valence-electron chi connectivity index (χ0n) is 16.4. The molecule has 2 heterocycles. The molecule has 0 unspecified atom stereocenters. The fraction of sp³-hybridized carbons (Fsp3) is 0.130. The van der Waals surface area contributed by atoms with E-state index in [2.05, 4.69) is 32.4 Å². The number of hydrogen-bond donors (Lipinski definition) is 2. The van der Waals surface area contributed by atoms with E-state index >= 15 is 0 Å². The highest BCUT2D eigenvalue weighted by Crippen LogP contribution is 2.20. The number of aromatic amines is 1. The van der Waals surface area contributed by atoms with Crippen molar-refractivity contribution < 1.29 is 4.79 Å². The first-order valence-corrected chi connectivity index (χ1v) is 10.4. The Morgan fingerprint density at radius 3 is 2.70 bits per heavy atom. The number of thiazole rings is 1. The number of anilines is 1. The van der Waals surface area contributed by atoms with Crippen molar-refractivity contribution in [2.45, 2.75) is 19.8 Å². The van der Waals surface area contributed by atoms with Gasteiger partial charge in [-0.3, -0.25) is 9.59 Å². The van der Waals surface area contributed by atoms with Crippen LogP contribution in [0.4, 0.5) is 5.69 Å². The topological polar surface area (TPSA) is 87.7 Å². The van der Waals surface area contributed by atoms with Crippen LogP contribution >= 0.6 is 11.3 Å². The maximum atomic E-state index is 12.5. The van der Waals surface area contributed by atoms with Crippen molar-refractivity contribution >= 4 is 22.9 Å². The van der Waals surface area contributed by atoms with Crippen LogP contribution in [0, 0.1) is 6.92 Å². The normalized spacial score (nSPS) is 10.7. The van der Waals surface area contributed by atoms with Crippen LogP contribution in [0.2, 0.25) is 0 Å². The molecule has 0 aliphatic heterocycles. The number of aromatic nitrogens is 3. The lowest BCUT2D eigenvalue weighted by Gasteiger charge is -2.07. The molecule has 2 aromatic heterocycles. The number of amides is 1. The molecule has 1 amide bonds. The van der Waals surface area contributed by atoms with Crippen LogP contribution in [-0.2, 0) is 17.6 Å². The average molecular weight is 417 g/mol. The van der Waals surface area contributed by atoms with Gasteiger partial charge in [0.2, 0.25) is 5.91 Å². The Labute approximate surface area is 177 Å². The van der Waals surface area contributed by atoms with Crippen LogP contribution in [0.3, 0.4) is 0 Å². The van der Waals surface area contributed by atoms with Crippen LogP contribution in [-0.4, -0.2) is 20.9 Å². The lowest BCUT2D eigenvalue weighted by atomic mass is 10.1. The third-order valence-corrected chi connectivity index (χ3v) is 5.33. The first-order valence-electron chi connectivity index (χ1n) is 9.50. The molecule has 150 valence electrons. The highest BCUT2D eigenvalue weighted by molar-refractivity contribution is 7.09. The van der Waals surface area contributed by atoms with Crippen LogP contribution in [0.1, 0.15) is 22.0 Å². The lowest BCUT2D eigenvalue weighted by Crippen LogP contribution is -2.15. The first-order chi connectivity index (χ1) is 14.5. The van der Waals surface area contributed by atoms with Crippen molar-refractivity contribution in [3.05, 3.63) is 98.4 Å². The average Bonchev–Trinajstić information content (AvgIpc) is 3.14. The summed E-state index contributed by atoms with van der Waals surface area (Å²) in [6, 6.07) is 18.8. The quantitative estimate of drug-likeness (QED) is 0.498. The standard InChI is InChI=1S/C23H20N4O2S/c1-15-10-20(28)27-23(24-15)17-8-5-9-18(12-17)25-21(29)13-19-14-30-22(26-19)11-16-6-3-2-4-7-16/h2-10,12,14H,11,13H2,1H3,(H,25,29)(H,24,27,28). The van der Waals surface area contributed by atoms with Gasteiger partial charge in [-0.1, -0.05) is 42.5 Å². The molecule has 0 fully saturated rings. The van der Waals surface area contributed by atoms with Gasteiger partial charge < -0.3 is 10.3 Å². The van der Waals surface area contributed by atoms with Gasteiger partial charge in [-0.15, -0.1) is 11.3 Å². The predicted octanol–water partition coefficient (Wildman–Crippen LogP) is 3.97. The van der Waals surface area contributed by atoms with Gasteiger partial charge in [0, 0.05) is 34.8 Å². The molecule has 4 rings (SSSR count). The summed E-state index contributed by atoms with van der Waals surface area (Å²) in [5.74, 6) is 0.329. The molecule has 0 aliphatic carbocycles. The Hall–Kier alpha value is -3.58. The number of nitrogens with zero attached hydrogens (tertiary/aromatic N) is 2. The minimum Gasteiger partial charge on any atom is -0.326 e. The van der Waals surface area contributed by atoms with E-state index < -0.39 is 0 Å². The number of H-pyrrole nitrogens is 1. The summed E-state index contributed by atoms with van der Waals surface area (Å²) >= 11 is 1.56. The van der Waals surface area contributed by atoms with E-state index in [1.165, 1.54) is 11.6 Å². The third kappa shape index (κ3) is 5.07. The molecule has 2 N–H and O–H groups in total. The van der Waals surface area contributed by atoms with Gasteiger partial charge in [0.05, 0.1) is 17.1 Å². The van der Waals surface area contributed by atoms with E-state index in [1.807, 2.05) is 35.7 Å². The SMILES string of the molecule is Cc1cc(=O)[nH]c(-c2cccc(NC(=O)Cc3csc(Cc4ccccc4)n3)c2)n1. The molecular weight excluding hydrogens is 396 g/mol. The van der Waals surface area contributed by atoms with E-state index in [-0.39, 0.29) is 17.9 Å². The number of aryl methyl sites for hydroxylation is 1. The maximum Gasteiger partial charge on any atom is 0.251 e. The number of benzene rings is 2. The second kappa shape index (κ2) is 8.84. The van der Waals surface area contributed by atoms with E-state index in [1.54, 1.807) is 30.4 Å². The third-order valence-electron chi connectivity index (χ3n) is 4.43. The zero-order chi connectivity index (χ0) is 20.9. The number of rotatable bonds is 6. The van der Waals surface area contributed by atoms with E-state index in [0.29, 0.717) is 17.2 Å². The lowest BCUT2D eigenvalue weighted by molar-refractivity contribution is -0.115. The van der Waals surface area contributed by atoms with Gasteiger partial charge in [-0.2, -0.15) is 0 Å². The van der Waals surface area contributed by atoms with Gasteiger partial charge in [0.25, 0.3) is 5.56 Å². The highest BCUT2D eigenvalue weighted by Gasteiger charge is 2.10. The van der Waals surface area contributed by atoms with Crippen LogP contribution in [0.25, 0.3) is 11.4 Å². The minimum atomic E-state index is -0.207. The zero-order valence-corrected chi connectivity index (χ0v) is 17.2. The second-order valence-electron chi connectivity index (χ2n) is 6.94. The molecular formula is C23H20N4O2S. The smallest absolute Gasteiger partial charge is 0.251 e. The fourth-order valence-corrected chi connectivity index (χ4v) is 3.94. The molecule has 0 spiro atoms. The molecule has 4 aromatic rings. The van der Waals surface area contributed by atoms with Crippen molar-refractivity contribution in [1.82, 2.24) is 15.0 Å². The van der Waals surface area contributed by atoms with Crippen molar-refractivity contribution in [3.8, 4) is 11.4 Å². The molecule has 0 atom stereocenters. The Morgan fingerprint density at radius 1 is 1.07 bits per heavy atom. The molecule has 30 heavy (non-hydrogen) atoms. The van der Waals surface area contributed by atoms with Gasteiger partial charge in [0.15, 0.2) is 0 Å². The Balaban J connectivity index is 1.41. The van der Waals surface area contributed by atoms with Gasteiger partial charge in [0.1, 0.15) is 5.82 Å². The molecule has 2 aromatic carbocycles. The van der Waals surface area contributed by atoms with Crippen LogP contribution < -0.4 is 10.9 Å². The Kier molecular flexibility index (Phi) is 5.81. The van der Waals surface area contributed by atoms with Crippen molar-refractivity contribution in [3.63, 3.8) is 0 Å². The molecule has 0 bridgehead atoms. The van der Waals surface area contributed by atoms with Crippen LogP contribution in [0.15, 0.2) is 70.8 Å². The minimum absolute atomic E-state index is 0.144. The van der Waals surface area contributed by atoms with E-state index in [0.717, 1.165) is 22.7 Å². The summed E-state index contributed by atoms with van der Waals surface area (Å²) in [7, 11) is 0. The largest absolute Gasteiger partial charge is 0.326 e. The molecule has 7 heteroatoms. The predicted molar refractivity (Wildman–Crippen MR) is 119 cm³/mol. The maximum absolute atomic E-state index is 12.5. The number of nitrogens with one attached hydrogen (secondary N) is 2. The number of hydrogen-bond acceptors (Lipinski definition) is 5. The molecule has 0 saturated carbocycles. The second-order valence-corrected chi connectivity index (χ2v) is 7.88.